The van der Waals surface area contributed by atoms with E-state index in [0.717, 1.165) is 0 Å². The molecule has 0 amide bonds. The summed E-state index contributed by atoms with van der Waals surface area (Å²) in [7, 11) is 4.29. The summed E-state index contributed by atoms with van der Waals surface area (Å²) < 4.78 is 12.4. The Bertz CT molecular complexity index is 2160. The summed E-state index contributed by atoms with van der Waals surface area (Å²) >= 11 is 0. The second-order valence-electron chi connectivity index (χ2n) is 16.0. The van der Waals surface area contributed by atoms with Crippen LogP contribution in [-0.4, -0.2) is 28.2 Å². The van der Waals surface area contributed by atoms with Gasteiger partial charge >= 0.3 is 0 Å². The van der Waals surface area contributed by atoms with Crippen LogP contribution in [-0.2, 0) is 10.5 Å². The van der Waals surface area contributed by atoms with E-state index in [1.54, 1.807) is 5.56 Å². The Morgan fingerprint density at radius 3 is 1.46 bits per heavy atom. The lowest BCUT2D eigenvalue weighted by Crippen LogP contribution is -2.43. The second kappa shape index (κ2) is 9.86. The van der Waals surface area contributed by atoms with Crippen molar-refractivity contribution in [2.75, 3.05) is 14.2 Å². The third kappa shape index (κ3) is 3.38. The maximum absolute atomic E-state index is 6.90. The zero-order valence-electron chi connectivity index (χ0n) is 31.7. The van der Waals surface area contributed by atoms with Gasteiger partial charge in [-0.25, -0.2) is 0 Å². The van der Waals surface area contributed by atoms with Crippen molar-refractivity contribution >= 4 is 43.6 Å². The second-order valence-corrected chi connectivity index (χ2v) is 16.0. The molecule has 7 atom stereocenters. The Hall–Kier alpha value is -2.82. The molecule has 0 bridgehead atoms. The average Bonchev–Trinajstić information content (AvgIpc) is 3.65. The van der Waals surface area contributed by atoms with Crippen LogP contribution in [0.1, 0.15) is 122 Å². The van der Waals surface area contributed by atoms with E-state index in [0.29, 0.717) is 30.0 Å². The molecule has 3 aromatic carbocycles. The lowest BCUT2D eigenvalue weighted by Gasteiger charge is -2.42. The molecule has 2 aliphatic heterocycles. The Labute approximate surface area is 277 Å². The van der Waals surface area contributed by atoms with E-state index in [-0.39, 0.29) is 5.92 Å². The number of aryl methyl sites for hydroxylation is 4. The Kier molecular flexibility index (Phi) is 6.81. The van der Waals surface area contributed by atoms with E-state index in [1.807, 2.05) is 7.11 Å². The molecule has 46 heavy (non-hydrogen) atoms. The van der Waals surface area contributed by atoms with Crippen LogP contribution in [0.2, 0.25) is 0 Å². The number of nitrogens with zero attached hydrogens (tertiary/aromatic N) is 3. The minimum absolute atomic E-state index is 0.278. The largest absolute Gasteiger partial charge is 0.359 e. The van der Waals surface area contributed by atoms with Gasteiger partial charge in [0.1, 0.15) is 5.72 Å². The summed E-state index contributed by atoms with van der Waals surface area (Å²) in [5, 5.41) is 5.85. The number of methoxy groups -OCH3 is 1. The van der Waals surface area contributed by atoms with E-state index in [1.165, 1.54) is 93.7 Å². The van der Waals surface area contributed by atoms with Gasteiger partial charge in [0.15, 0.2) is 0 Å². The molecular weight excluding hydrogens is 562 g/mol. The smallest absolute Gasteiger partial charge is 0.145 e. The summed E-state index contributed by atoms with van der Waals surface area (Å²) in [6.07, 6.45) is 0. The van der Waals surface area contributed by atoms with Gasteiger partial charge in [-0.05, 0) is 158 Å². The SMILES string of the molecule is COC1(C)C(C)C(C)C(C)C(C)n2c3c(C)c(C)c(C)c(C)c3c3c4c(c5c6c(C)c(C)c(C)c(C)c6n1c5c32)C(C)N(C)C4C. The summed E-state index contributed by atoms with van der Waals surface area (Å²) in [4.78, 5) is 2.61. The zero-order chi connectivity index (χ0) is 33.8. The van der Waals surface area contributed by atoms with Gasteiger partial charge in [-0.1, -0.05) is 20.8 Å². The first-order valence-corrected chi connectivity index (χ1v) is 17.8. The lowest BCUT2D eigenvalue weighted by atomic mass is 9.76. The Balaban J connectivity index is 2.00. The van der Waals surface area contributed by atoms with E-state index < -0.39 is 5.72 Å². The molecule has 0 radical (unpaired) electrons. The number of fused-ring (bicyclic) bond motifs is 9. The molecule has 4 heteroatoms. The maximum atomic E-state index is 6.90. The van der Waals surface area contributed by atoms with E-state index in [9.17, 15) is 0 Å². The summed E-state index contributed by atoms with van der Waals surface area (Å²) in [5.41, 5.74) is 19.5. The van der Waals surface area contributed by atoms with E-state index >= 15 is 0 Å². The van der Waals surface area contributed by atoms with Crippen LogP contribution >= 0.6 is 0 Å². The standard InChI is InChI=1S/C42H57N3O/c1-18-20(3)26(9)38-32(24(18)7)36-34-30(13)43(16)31(14)35(34)37-33-25(8)19(2)21(4)27(10)39(33)45-41(37)40(36)44(38)29(12)23(6)22(5)28(11)42(45,15)46-17/h22-23,28-31H,1-17H3. The number of benzene rings is 3. The summed E-state index contributed by atoms with van der Waals surface area (Å²) in [6.45, 7) is 36.0. The van der Waals surface area contributed by atoms with Gasteiger partial charge in [0.05, 0.1) is 22.1 Å². The van der Waals surface area contributed by atoms with Crippen molar-refractivity contribution in [3.63, 3.8) is 0 Å². The van der Waals surface area contributed by atoms with Crippen molar-refractivity contribution < 1.29 is 4.74 Å². The predicted molar refractivity (Wildman–Crippen MR) is 198 cm³/mol. The molecule has 0 saturated carbocycles. The highest BCUT2D eigenvalue weighted by molar-refractivity contribution is 6.27. The van der Waals surface area contributed by atoms with Gasteiger partial charge in [-0.15, -0.1) is 0 Å². The number of aromatic nitrogens is 2. The molecule has 2 aliphatic rings. The fourth-order valence-electron chi connectivity index (χ4n) is 10.3. The number of rotatable bonds is 1. The van der Waals surface area contributed by atoms with Crippen molar-refractivity contribution in [1.29, 1.82) is 0 Å². The van der Waals surface area contributed by atoms with Crippen LogP contribution in [0.25, 0.3) is 43.6 Å². The average molecular weight is 620 g/mol. The quantitative estimate of drug-likeness (QED) is 0.186. The van der Waals surface area contributed by atoms with Crippen LogP contribution < -0.4 is 0 Å². The Morgan fingerprint density at radius 2 is 0.957 bits per heavy atom. The molecule has 0 N–H and O–H groups in total. The maximum Gasteiger partial charge on any atom is 0.145 e. The van der Waals surface area contributed by atoms with Crippen LogP contribution in [0.5, 0.6) is 0 Å². The monoisotopic (exact) mass is 619 g/mol. The molecule has 2 aromatic heterocycles. The summed E-state index contributed by atoms with van der Waals surface area (Å²) in [5.74, 6) is 1.14. The Morgan fingerprint density at radius 1 is 0.522 bits per heavy atom. The van der Waals surface area contributed by atoms with Crippen LogP contribution in [0.15, 0.2) is 0 Å². The van der Waals surface area contributed by atoms with Crippen LogP contribution in [0, 0.1) is 73.1 Å². The fourth-order valence-corrected chi connectivity index (χ4v) is 10.3. The van der Waals surface area contributed by atoms with Gasteiger partial charge in [-0.2, -0.15) is 0 Å². The zero-order valence-corrected chi connectivity index (χ0v) is 31.7. The molecule has 4 nitrogen and oxygen atoms in total. The lowest BCUT2D eigenvalue weighted by molar-refractivity contribution is -0.120. The molecule has 0 saturated heterocycles. The highest BCUT2D eigenvalue weighted by Gasteiger charge is 2.47. The van der Waals surface area contributed by atoms with Gasteiger partial charge in [0.2, 0.25) is 0 Å². The highest BCUT2D eigenvalue weighted by Crippen LogP contribution is 2.58. The normalized spacial score (nSPS) is 28.6. The van der Waals surface area contributed by atoms with Crippen molar-refractivity contribution in [2.45, 2.75) is 128 Å². The predicted octanol–water partition coefficient (Wildman–Crippen LogP) is 11.2. The molecule has 4 heterocycles. The molecule has 0 spiro atoms. The number of hydrogen-bond donors (Lipinski definition) is 0. The molecule has 0 aliphatic carbocycles. The first-order valence-electron chi connectivity index (χ1n) is 17.8. The van der Waals surface area contributed by atoms with Gasteiger partial charge in [-0.3, -0.25) is 4.90 Å². The third-order valence-corrected chi connectivity index (χ3v) is 14.8. The molecule has 246 valence electrons. The molecule has 7 rings (SSSR count). The van der Waals surface area contributed by atoms with Crippen molar-refractivity contribution in [3.05, 3.63) is 55.6 Å². The van der Waals surface area contributed by atoms with E-state index in [2.05, 4.69) is 125 Å². The van der Waals surface area contributed by atoms with Crippen LogP contribution in [0.4, 0.5) is 0 Å². The van der Waals surface area contributed by atoms with Gasteiger partial charge in [0.25, 0.3) is 0 Å². The van der Waals surface area contributed by atoms with Crippen LogP contribution in [0.3, 0.4) is 0 Å². The fraction of sp³-hybridized carbons (Fsp3) is 0.571. The molecule has 7 unspecified atom stereocenters. The molecule has 5 aromatic rings. The van der Waals surface area contributed by atoms with Crippen molar-refractivity contribution in [3.8, 4) is 0 Å². The number of ether oxygens (including phenoxy) is 1. The van der Waals surface area contributed by atoms with Crippen molar-refractivity contribution in [2.24, 2.45) is 17.8 Å². The minimum atomic E-state index is -0.547. The number of hydrogen-bond acceptors (Lipinski definition) is 2. The van der Waals surface area contributed by atoms with Crippen molar-refractivity contribution in [1.82, 2.24) is 14.0 Å². The topological polar surface area (TPSA) is 22.3 Å². The third-order valence-electron chi connectivity index (χ3n) is 14.8. The van der Waals surface area contributed by atoms with Gasteiger partial charge in [0, 0.05) is 52.7 Å². The molecular formula is C42H57N3O. The first-order chi connectivity index (χ1) is 21.5. The minimum Gasteiger partial charge on any atom is -0.359 e. The molecule has 0 fully saturated rings. The summed E-state index contributed by atoms with van der Waals surface area (Å²) in [6, 6.07) is 0.922. The van der Waals surface area contributed by atoms with Gasteiger partial charge < -0.3 is 13.9 Å². The van der Waals surface area contributed by atoms with E-state index in [4.69, 9.17) is 4.74 Å². The highest BCUT2D eigenvalue weighted by atomic mass is 16.5. The first kappa shape index (κ1) is 31.8.